The van der Waals surface area contributed by atoms with Gasteiger partial charge in [-0.2, -0.15) is 0 Å². The van der Waals surface area contributed by atoms with Gasteiger partial charge in [0.25, 0.3) is 0 Å². The lowest BCUT2D eigenvalue weighted by Gasteiger charge is -2.17. The fraction of sp³-hybridized carbons (Fsp3) is 0.278. The molecule has 0 aliphatic carbocycles. The van der Waals surface area contributed by atoms with Crippen LogP contribution in [0.3, 0.4) is 0 Å². The Morgan fingerprint density at radius 3 is 2.73 bits per heavy atom. The maximum atomic E-state index is 11.3. The van der Waals surface area contributed by atoms with Crippen LogP contribution in [0.4, 0.5) is 4.79 Å². The Balaban J connectivity index is 1.93. The predicted molar refractivity (Wildman–Crippen MR) is 93.6 cm³/mol. The highest BCUT2D eigenvalue weighted by atomic mass is 16.5. The minimum atomic E-state index is -1.28. The first-order chi connectivity index (χ1) is 12.4. The van der Waals surface area contributed by atoms with Gasteiger partial charge in [0.1, 0.15) is 17.9 Å². The molecule has 8 heteroatoms. The maximum Gasteiger partial charge on any atom is 0.408 e. The molecule has 2 N–H and O–H groups in total. The molecule has 2 atom stereocenters. The number of carbonyl (C=O) groups is 2. The van der Waals surface area contributed by atoms with Crippen LogP contribution in [-0.4, -0.2) is 58.0 Å². The standard InChI is InChI=1S/C18H18N2O6/c1-3-10-6-13-11(7-15(10)25-2)4-5-19-16(13)26-12-8-14(17(21)22)20(9-12)18(23)24/h3-7,12,14H,1,8-9H2,2H3,(H,21,22)(H,23,24)/t12-,14+/m1/s1. The minimum absolute atomic E-state index is 0.0329. The molecular formula is C18H18N2O6. The number of carboxylic acid groups (broad SMARTS) is 2. The van der Waals surface area contributed by atoms with Crippen LogP contribution in [0.15, 0.2) is 31.0 Å². The number of likely N-dealkylation sites (tertiary alicyclic amines) is 1. The van der Waals surface area contributed by atoms with E-state index in [1.807, 2.05) is 12.1 Å². The van der Waals surface area contributed by atoms with Gasteiger partial charge >= 0.3 is 12.1 Å². The molecule has 0 saturated carbocycles. The summed E-state index contributed by atoms with van der Waals surface area (Å²) in [6.45, 7) is 3.73. The summed E-state index contributed by atoms with van der Waals surface area (Å²) in [7, 11) is 1.57. The number of pyridine rings is 1. The number of aromatic nitrogens is 1. The molecule has 1 fully saturated rings. The number of rotatable bonds is 5. The average Bonchev–Trinajstić information content (AvgIpc) is 3.05. The number of hydrogen-bond acceptors (Lipinski definition) is 5. The van der Waals surface area contributed by atoms with Crippen molar-refractivity contribution in [2.75, 3.05) is 13.7 Å². The average molecular weight is 358 g/mol. The van der Waals surface area contributed by atoms with Crippen molar-refractivity contribution in [3.05, 3.63) is 36.5 Å². The van der Waals surface area contributed by atoms with Gasteiger partial charge < -0.3 is 19.7 Å². The van der Waals surface area contributed by atoms with E-state index in [-0.39, 0.29) is 13.0 Å². The number of benzene rings is 1. The second-order valence-electron chi connectivity index (χ2n) is 5.90. The molecule has 1 saturated heterocycles. The van der Waals surface area contributed by atoms with Gasteiger partial charge in [0.2, 0.25) is 5.88 Å². The summed E-state index contributed by atoms with van der Waals surface area (Å²) in [5, 5.41) is 19.9. The molecule has 3 rings (SSSR count). The summed E-state index contributed by atoms with van der Waals surface area (Å²) in [4.78, 5) is 27.6. The zero-order valence-electron chi connectivity index (χ0n) is 14.1. The van der Waals surface area contributed by atoms with Crippen molar-refractivity contribution >= 4 is 28.9 Å². The van der Waals surface area contributed by atoms with Crippen molar-refractivity contribution in [2.45, 2.75) is 18.6 Å². The highest BCUT2D eigenvalue weighted by Gasteiger charge is 2.41. The largest absolute Gasteiger partial charge is 0.496 e. The normalized spacial score (nSPS) is 19.3. The van der Waals surface area contributed by atoms with E-state index in [1.54, 1.807) is 25.4 Å². The topological polar surface area (TPSA) is 109 Å². The Bertz CT molecular complexity index is 859. The van der Waals surface area contributed by atoms with Gasteiger partial charge in [-0.05, 0) is 23.6 Å². The summed E-state index contributed by atoms with van der Waals surface area (Å²) in [5.74, 6) is -0.216. The molecule has 26 heavy (non-hydrogen) atoms. The lowest BCUT2D eigenvalue weighted by Crippen LogP contribution is -2.39. The number of hydrogen-bond donors (Lipinski definition) is 2. The van der Waals surface area contributed by atoms with Gasteiger partial charge in [-0.15, -0.1) is 0 Å². The number of aliphatic carboxylic acids is 1. The van der Waals surface area contributed by atoms with Crippen LogP contribution >= 0.6 is 0 Å². The molecule has 1 amide bonds. The predicted octanol–water partition coefficient (Wildman–Crippen LogP) is 2.47. The van der Waals surface area contributed by atoms with Crippen LogP contribution in [-0.2, 0) is 4.79 Å². The smallest absolute Gasteiger partial charge is 0.408 e. The van der Waals surface area contributed by atoms with Crippen molar-refractivity contribution in [3.63, 3.8) is 0 Å². The lowest BCUT2D eigenvalue weighted by atomic mass is 10.1. The number of ether oxygens (including phenoxy) is 2. The second kappa shape index (κ2) is 6.91. The third-order valence-electron chi connectivity index (χ3n) is 4.37. The molecule has 2 heterocycles. The quantitative estimate of drug-likeness (QED) is 0.845. The molecule has 136 valence electrons. The van der Waals surface area contributed by atoms with E-state index in [0.29, 0.717) is 17.0 Å². The van der Waals surface area contributed by atoms with E-state index in [4.69, 9.17) is 9.47 Å². The van der Waals surface area contributed by atoms with Crippen LogP contribution in [0, 0.1) is 0 Å². The first-order valence-corrected chi connectivity index (χ1v) is 7.92. The molecule has 8 nitrogen and oxygen atoms in total. The summed E-state index contributed by atoms with van der Waals surface area (Å²) in [6.07, 6.45) is 1.40. The SMILES string of the molecule is C=Cc1cc2c(O[C@@H]3C[C@@H](C(=O)O)N(C(=O)O)C3)nccc2cc1OC. The third kappa shape index (κ3) is 3.13. The highest BCUT2D eigenvalue weighted by molar-refractivity contribution is 5.90. The number of fused-ring (bicyclic) bond motifs is 1. The lowest BCUT2D eigenvalue weighted by molar-refractivity contribution is -0.141. The van der Waals surface area contributed by atoms with Crippen LogP contribution in [0.5, 0.6) is 11.6 Å². The van der Waals surface area contributed by atoms with Gasteiger partial charge in [0.15, 0.2) is 0 Å². The van der Waals surface area contributed by atoms with E-state index in [0.717, 1.165) is 15.8 Å². The Kier molecular flexibility index (Phi) is 4.66. The molecule has 0 bridgehead atoms. The molecule has 0 unspecified atom stereocenters. The van der Waals surface area contributed by atoms with Gasteiger partial charge in [0, 0.05) is 23.6 Å². The van der Waals surface area contributed by atoms with E-state index in [1.165, 1.54) is 0 Å². The highest BCUT2D eigenvalue weighted by Crippen LogP contribution is 2.32. The van der Waals surface area contributed by atoms with Crippen molar-refractivity contribution in [1.29, 1.82) is 0 Å². The van der Waals surface area contributed by atoms with Crippen LogP contribution in [0.2, 0.25) is 0 Å². The van der Waals surface area contributed by atoms with Crippen LogP contribution < -0.4 is 9.47 Å². The molecule has 1 aromatic heterocycles. The fourth-order valence-corrected chi connectivity index (χ4v) is 3.11. The zero-order chi connectivity index (χ0) is 18.8. The van der Waals surface area contributed by atoms with Gasteiger partial charge in [-0.25, -0.2) is 14.6 Å². The van der Waals surface area contributed by atoms with E-state index in [9.17, 15) is 19.8 Å². The van der Waals surface area contributed by atoms with Crippen LogP contribution in [0.25, 0.3) is 16.8 Å². The Hall–Kier alpha value is -3.29. The number of methoxy groups -OCH3 is 1. The Morgan fingerprint density at radius 2 is 2.15 bits per heavy atom. The Morgan fingerprint density at radius 1 is 1.38 bits per heavy atom. The van der Waals surface area contributed by atoms with Crippen LogP contribution in [0.1, 0.15) is 12.0 Å². The summed E-state index contributed by atoms with van der Waals surface area (Å²) < 4.78 is 11.2. The second-order valence-corrected chi connectivity index (χ2v) is 5.90. The molecule has 0 spiro atoms. The number of amides is 1. The van der Waals surface area contributed by atoms with Gasteiger partial charge in [-0.1, -0.05) is 12.7 Å². The van der Waals surface area contributed by atoms with Gasteiger partial charge in [-0.3, -0.25) is 4.90 Å². The van der Waals surface area contributed by atoms with E-state index in [2.05, 4.69) is 11.6 Å². The number of nitrogens with zero attached hydrogens (tertiary/aromatic N) is 2. The van der Waals surface area contributed by atoms with Gasteiger partial charge in [0.05, 0.1) is 13.7 Å². The Labute approximate surface area is 149 Å². The minimum Gasteiger partial charge on any atom is -0.496 e. The van der Waals surface area contributed by atoms with Crippen molar-refractivity contribution in [2.24, 2.45) is 0 Å². The molecular weight excluding hydrogens is 340 g/mol. The van der Waals surface area contributed by atoms with Crippen molar-refractivity contribution < 1.29 is 29.3 Å². The van der Waals surface area contributed by atoms with Crippen molar-refractivity contribution in [3.8, 4) is 11.6 Å². The van der Waals surface area contributed by atoms with E-state index < -0.39 is 24.2 Å². The fourth-order valence-electron chi connectivity index (χ4n) is 3.11. The first-order valence-electron chi connectivity index (χ1n) is 7.92. The molecule has 2 aromatic rings. The van der Waals surface area contributed by atoms with Crippen molar-refractivity contribution in [1.82, 2.24) is 9.88 Å². The summed E-state index contributed by atoms with van der Waals surface area (Å²) in [6, 6.07) is 4.33. The maximum absolute atomic E-state index is 11.3. The molecule has 1 aromatic carbocycles. The zero-order valence-corrected chi connectivity index (χ0v) is 14.1. The summed E-state index contributed by atoms with van der Waals surface area (Å²) in [5.41, 5.74) is 0.764. The first kappa shape index (κ1) is 17.5. The molecule has 0 radical (unpaired) electrons. The monoisotopic (exact) mass is 358 g/mol. The summed E-state index contributed by atoms with van der Waals surface area (Å²) >= 11 is 0. The number of carboxylic acids is 1. The molecule has 1 aliphatic rings. The third-order valence-corrected chi connectivity index (χ3v) is 4.37. The van der Waals surface area contributed by atoms with E-state index >= 15 is 0 Å². The molecule has 1 aliphatic heterocycles.